The number of carbonyl (C=O) groups excluding carboxylic acids is 1. The minimum atomic E-state index is -0.582. The van der Waals surface area contributed by atoms with Crippen molar-refractivity contribution in [2.75, 3.05) is 10.6 Å². The Bertz CT molecular complexity index is 791. The van der Waals surface area contributed by atoms with Gasteiger partial charge in [-0.05, 0) is 24.1 Å². The second-order valence-electron chi connectivity index (χ2n) is 5.42. The van der Waals surface area contributed by atoms with Crippen LogP contribution in [-0.2, 0) is 11.3 Å². The third-order valence-electron chi connectivity index (χ3n) is 3.79. The molecule has 0 spiro atoms. The van der Waals surface area contributed by atoms with Crippen LogP contribution in [0.1, 0.15) is 18.9 Å². The summed E-state index contributed by atoms with van der Waals surface area (Å²) in [4.78, 5) is 28.6. The number of fused-ring (bicyclic) bond motifs is 1. The predicted molar refractivity (Wildman–Crippen MR) is 87.6 cm³/mol. The van der Waals surface area contributed by atoms with Gasteiger partial charge < -0.3 is 10.5 Å². The highest BCUT2D eigenvalue weighted by atomic mass is 16.6. The number of amides is 1. The molecule has 0 fully saturated rings. The molecule has 8 heteroatoms. The van der Waals surface area contributed by atoms with Gasteiger partial charge in [-0.15, -0.1) is 0 Å². The van der Waals surface area contributed by atoms with Crippen molar-refractivity contribution in [3.8, 4) is 5.75 Å². The number of nitrogens with two attached hydrogens (primary N) is 1. The van der Waals surface area contributed by atoms with Crippen LogP contribution in [0.25, 0.3) is 0 Å². The van der Waals surface area contributed by atoms with E-state index in [0.717, 1.165) is 5.56 Å². The fraction of sp³-hybridized carbons (Fsp3) is 0.250. The second-order valence-corrected chi connectivity index (χ2v) is 5.42. The van der Waals surface area contributed by atoms with Crippen molar-refractivity contribution in [1.82, 2.24) is 4.98 Å². The molecule has 1 aromatic heterocycles. The summed E-state index contributed by atoms with van der Waals surface area (Å²) in [7, 11) is 0. The highest BCUT2D eigenvalue weighted by Gasteiger charge is 2.34. The first-order chi connectivity index (χ1) is 11.5. The number of ether oxygens (including phenoxy) is 1. The van der Waals surface area contributed by atoms with Crippen molar-refractivity contribution in [3.05, 3.63) is 52.1 Å². The van der Waals surface area contributed by atoms with Crippen molar-refractivity contribution in [3.63, 3.8) is 0 Å². The van der Waals surface area contributed by atoms with Crippen LogP contribution < -0.4 is 15.4 Å². The van der Waals surface area contributed by atoms with Gasteiger partial charge in [0.1, 0.15) is 5.82 Å². The van der Waals surface area contributed by atoms with E-state index in [1.54, 1.807) is 24.3 Å². The molecule has 0 saturated carbocycles. The summed E-state index contributed by atoms with van der Waals surface area (Å²) in [5, 5.41) is 10.7. The molecule has 1 aliphatic heterocycles. The van der Waals surface area contributed by atoms with Gasteiger partial charge in [-0.25, -0.2) is 4.98 Å². The van der Waals surface area contributed by atoms with Crippen LogP contribution >= 0.6 is 0 Å². The number of anilines is 2. The van der Waals surface area contributed by atoms with Crippen molar-refractivity contribution in [1.29, 1.82) is 0 Å². The van der Waals surface area contributed by atoms with E-state index in [4.69, 9.17) is 10.5 Å². The fourth-order valence-corrected chi connectivity index (χ4v) is 2.53. The van der Waals surface area contributed by atoms with Crippen molar-refractivity contribution in [2.45, 2.75) is 26.0 Å². The molecule has 2 heterocycles. The molecule has 2 aromatic rings. The maximum absolute atomic E-state index is 12.6. The molecule has 8 nitrogen and oxygen atoms in total. The number of nitrogen functional groups attached to an aromatic ring is 1. The summed E-state index contributed by atoms with van der Waals surface area (Å²) in [5.41, 5.74) is 6.48. The Morgan fingerprint density at radius 3 is 2.62 bits per heavy atom. The van der Waals surface area contributed by atoms with Crippen molar-refractivity contribution < 1.29 is 14.5 Å². The first kappa shape index (κ1) is 15.7. The number of hydrogen-bond acceptors (Lipinski definition) is 6. The van der Waals surface area contributed by atoms with Crippen LogP contribution in [0.15, 0.2) is 36.4 Å². The van der Waals surface area contributed by atoms with E-state index < -0.39 is 11.0 Å². The largest absolute Gasteiger partial charge is 0.477 e. The number of carbonyl (C=O) groups is 1. The Kier molecular flexibility index (Phi) is 4.03. The van der Waals surface area contributed by atoms with E-state index in [9.17, 15) is 14.9 Å². The van der Waals surface area contributed by atoms with Gasteiger partial charge in [-0.1, -0.05) is 19.1 Å². The minimum absolute atomic E-state index is 0.00117. The van der Waals surface area contributed by atoms with E-state index >= 15 is 0 Å². The quantitative estimate of drug-likeness (QED) is 0.680. The zero-order valence-electron chi connectivity index (χ0n) is 13.0. The van der Waals surface area contributed by atoms with Gasteiger partial charge >= 0.3 is 0 Å². The molecule has 0 radical (unpaired) electrons. The average molecular weight is 328 g/mol. The van der Waals surface area contributed by atoms with Gasteiger partial charge in [0.25, 0.3) is 11.6 Å². The van der Waals surface area contributed by atoms with E-state index in [1.165, 1.54) is 17.0 Å². The Balaban J connectivity index is 1.94. The lowest BCUT2D eigenvalue weighted by Crippen LogP contribution is -2.45. The molecule has 24 heavy (non-hydrogen) atoms. The van der Waals surface area contributed by atoms with Crippen LogP contribution in [0, 0.1) is 10.1 Å². The Morgan fingerprint density at radius 2 is 2.00 bits per heavy atom. The van der Waals surface area contributed by atoms with Crippen LogP contribution in [0.3, 0.4) is 0 Å². The monoisotopic (exact) mass is 328 g/mol. The van der Waals surface area contributed by atoms with Crippen LogP contribution in [-0.4, -0.2) is 21.9 Å². The maximum Gasteiger partial charge on any atom is 0.269 e. The average Bonchev–Trinajstić information content (AvgIpc) is 2.58. The van der Waals surface area contributed by atoms with Gasteiger partial charge in [0.2, 0.25) is 0 Å². The number of nitro groups is 1. The van der Waals surface area contributed by atoms with E-state index in [2.05, 4.69) is 4.98 Å². The maximum atomic E-state index is 12.6. The summed E-state index contributed by atoms with van der Waals surface area (Å²) in [6.45, 7) is 2.10. The summed E-state index contributed by atoms with van der Waals surface area (Å²) >= 11 is 0. The summed E-state index contributed by atoms with van der Waals surface area (Å²) in [5.74, 6) is 0.941. The number of nitrogens with zero attached hydrogens (tertiary/aromatic N) is 3. The highest BCUT2D eigenvalue weighted by molar-refractivity contribution is 5.99. The van der Waals surface area contributed by atoms with E-state index in [1.807, 2.05) is 6.92 Å². The lowest BCUT2D eigenvalue weighted by atomic mass is 10.1. The number of rotatable bonds is 4. The summed E-state index contributed by atoms with van der Waals surface area (Å²) < 4.78 is 5.67. The first-order valence-corrected chi connectivity index (χ1v) is 7.47. The number of non-ortho nitro benzene ring substituents is 1. The minimum Gasteiger partial charge on any atom is -0.477 e. The third kappa shape index (κ3) is 2.85. The lowest BCUT2D eigenvalue weighted by molar-refractivity contribution is -0.384. The zero-order valence-corrected chi connectivity index (χ0v) is 13.0. The van der Waals surface area contributed by atoms with E-state index in [-0.39, 0.29) is 24.0 Å². The van der Waals surface area contributed by atoms with Crippen molar-refractivity contribution in [2.24, 2.45) is 0 Å². The summed E-state index contributed by atoms with van der Waals surface area (Å²) in [6.07, 6.45) is -0.0552. The number of hydrogen-bond donors (Lipinski definition) is 1. The summed E-state index contributed by atoms with van der Waals surface area (Å²) in [6, 6.07) is 9.36. The standard InChI is InChI=1S/C16H16N4O4/c1-2-12-16(21)19(15-13(24-12)7-8-14(17)18-15)9-10-3-5-11(6-4-10)20(22)23/h3-8,12H,2,9H2,1H3,(H2,17,18). The number of pyridine rings is 1. The molecule has 124 valence electrons. The first-order valence-electron chi connectivity index (χ1n) is 7.47. The molecule has 0 saturated heterocycles. The van der Waals surface area contributed by atoms with Gasteiger partial charge in [0.15, 0.2) is 17.7 Å². The van der Waals surface area contributed by atoms with Gasteiger partial charge in [-0.2, -0.15) is 0 Å². The second kappa shape index (κ2) is 6.15. The lowest BCUT2D eigenvalue weighted by Gasteiger charge is -2.33. The predicted octanol–water partition coefficient (Wildman–Crippen LogP) is 2.28. The molecule has 0 aliphatic carbocycles. The molecule has 1 aromatic carbocycles. The molecule has 3 rings (SSSR count). The number of aromatic nitrogens is 1. The van der Waals surface area contributed by atoms with Crippen LogP contribution in [0.2, 0.25) is 0 Å². The molecule has 1 unspecified atom stereocenters. The van der Waals surface area contributed by atoms with E-state index in [0.29, 0.717) is 18.0 Å². The van der Waals surface area contributed by atoms with Crippen LogP contribution in [0.5, 0.6) is 5.75 Å². The normalized spacial score (nSPS) is 16.5. The van der Waals surface area contributed by atoms with Gasteiger partial charge in [0, 0.05) is 12.1 Å². The Morgan fingerprint density at radius 1 is 1.29 bits per heavy atom. The molecule has 2 N–H and O–H groups in total. The molecule has 1 amide bonds. The highest BCUT2D eigenvalue weighted by Crippen LogP contribution is 2.34. The topological polar surface area (TPSA) is 112 Å². The van der Waals surface area contributed by atoms with Crippen molar-refractivity contribution >= 4 is 23.2 Å². The molecule has 1 aliphatic rings. The number of benzene rings is 1. The van der Waals surface area contributed by atoms with Crippen LogP contribution in [0.4, 0.5) is 17.3 Å². The van der Waals surface area contributed by atoms with Gasteiger partial charge in [-0.3, -0.25) is 19.8 Å². The molecule has 0 bridgehead atoms. The smallest absolute Gasteiger partial charge is 0.269 e. The molecule has 1 atom stereocenters. The Hall–Kier alpha value is -3.16. The zero-order chi connectivity index (χ0) is 17.3. The molecular formula is C16H16N4O4. The fourth-order valence-electron chi connectivity index (χ4n) is 2.53. The SMILES string of the molecule is CCC1Oc2ccc(N)nc2N(Cc2ccc([N+](=O)[O-])cc2)C1=O. The van der Waals surface area contributed by atoms with Gasteiger partial charge in [0.05, 0.1) is 11.5 Å². The Labute approximate surface area is 138 Å². The third-order valence-corrected chi connectivity index (χ3v) is 3.79. The number of nitro benzene ring substituents is 1. The molecular weight excluding hydrogens is 312 g/mol.